The second-order valence-electron chi connectivity index (χ2n) is 5.93. The van der Waals surface area contributed by atoms with E-state index < -0.39 is 0 Å². The topological polar surface area (TPSA) is 67.0 Å². The summed E-state index contributed by atoms with van der Waals surface area (Å²) in [4.78, 5) is 20.0. The second kappa shape index (κ2) is 7.40. The monoisotopic (exact) mass is 303 g/mol. The van der Waals surface area contributed by atoms with Crippen LogP contribution in [0.5, 0.6) is 0 Å². The van der Waals surface area contributed by atoms with Gasteiger partial charge in [-0.3, -0.25) is 4.79 Å². The van der Waals surface area contributed by atoms with Crippen molar-refractivity contribution in [2.45, 2.75) is 46.3 Å². The molecular formula is C17H25N3O2. The average molecular weight is 303 g/mol. The van der Waals surface area contributed by atoms with Crippen LogP contribution < -0.4 is 5.32 Å². The molecule has 1 amide bonds. The number of rotatable bonds is 7. The minimum absolute atomic E-state index is 0.0407. The Bertz CT molecular complexity index is 588. The Morgan fingerprint density at radius 2 is 2.05 bits per heavy atom. The van der Waals surface area contributed by atoms with Crippen LogP contribution in [-0.4, -0.2) is 28.6 Å². The molecule has 0 spiro atoms. The van der Waals surface area contributed by atoms with Gasteiger partial charge in [-0.15, -0.1) is 0 Å². The molecule has 2 N–H and O–H groups in total. The third kappa shape index (κ3) is 4.07. The summed E-state index contributed by atoms with van der Waals surface area (Å²) in [7, 11) is 0. The maximum atomic E-state index is 12.1. The fourth-order valence-corrected chi connectivity index (χ4v) is 2.29. The molecule has 0 saturated carbocycles. The number of fused-ring (bicyclic) bond motifs is 1. The molecule has 0 saturated heterocycles. The van der Waals surface area contributed by atoms with Gasteiger partial charge in [-0.1, -0.05) is 32.4 Å². The van der Waals surface area contributed by atoms with Gasteiger partial charge in [0.2, 0.25) is 5.91 Å². The van der Waals surface area contributed by atoms with Crippen molar-refractivity contribution in [1.82, 2.24) is 15.3 Å². The van der Waals surface area contributed by atoms with Crippen molar-refractivity contribution in [3.05, 3.63) is 30.1 Å². The molecule has 22 heavy (non-hydrogen) atoms. The zero-order valence-corrected chi connectivity index (χ0v) is 13.7. The summed E-state index contributed by atoms with van der Waals surface area (Å²) in [6.07, 6.45) is 0.992. The molecule has 0 unspecified atom stereocenters. The number of para-hydroxylation sites is 2. The van der Waals surface area contributed by atoms with Gasteiger partial charge in [0, 0.05) is 0 Å². The first kappa shape index (κ1) is 16.5. The number of hydrogen-bond donors (Lipinski definition) is 2. The van der Waals surface area contributed by atoms with Crippen molar-refractivity contribution in [1.29, 1.82) is 0 Å². The third-order valence-electron chi connectivity index (χ3n) is 3.78. The van der Waals surface area contributed by atoms with Crippen LogP contribution in [0.3, 0.4) is 0 Å². The zero-order valence-electron chi connectivity index (χ0n) is 13.7. The Morgan fingerprint density at radius 3 is 2.68 bits per heavy atom. The third-order valence-corrected chi connectivity index (χ3v) is 3.78. The van der Waals surface area contributed by atoms with Gasteiger partial charge in [-0.25, -0.2) is 4.98 Å². The molecule has 2 atom stereocenters. The van der Waals surface area contributed by atoms with Crippen molar-refractivity contribution in [2.24, 2.45) is 5.92 Å². The Balaban J connectivity index is 2.17. The van der Waals surface area contributed by atoms with Crippen molar-refractivity contribution in [3.63, 3.8) is 0 Å². The van der Waals surface area contributed by atoms with Crippen LogP contribution in [0.4, 0.5) is 0 Å². The molecule has 0 radical (unpaired) electrons. The molecule has 1 aromatic carbocycles. The Morgan fingerprint density at radius 1 is 1.32 bits per heavy atom. The van der Waals surface area contributed by atoms with Gasteiger partial charge in [0.1, 0.15) is 12.4 Å². The van der Waals surface area contributed by atoms with E-state index in [0.717, 1.165) is 23.3 Å². The fraction of sp³-hybridized carbons (Fsp3) is 0.529. The van der Waals surface area contributed by atoms with E-state index in [1.807, 2.05) is 38.1 Å². The van der Waals surface area contributed by atoms with Crippen molar-refractivity contribution < 1.29 is 9.53 Å². The molecule has 1 heterocycles. The average Bonchev–Trinajstić information content (AvgIpc) is 2.93. The lowest BCUT2D eigenvalue weighted by Crippen LogP contribution is -2.36. The van der Waals surface area contributed by atoms with E-state index in [2.05, 4.69) is 29.1 Å². The summed E-state index contributed by atoms with van der Waals surface area (Å²) < 4.78 is 5.37. The van der Waals surface area contributed by atoms with E-state index in [4.69, 9.17) is 4.74 Å². The number of hydrogen-bond acceptors (Lipinski definition) is 3. The maximum absolute atomic E-state index is 12.1. The number of imidazole rings is 1. The highest BCUT2D eigenvalue weighted by Gasteiger charge is 2.23. The number of benzene rings is 1. The van der Waals surface area contributed by atoms with Crippen molar-refractivity contribution in [3.8, 4) is 0 Å². The standard InChI is InChI=1S/C17H25N3O2/c1-5-12(4)16(20-15(21)10-22-11(2)3)17-18-13-8-6-7-9-14(13)19-17/h6-9,11-12,16H,5,10H2,1-4H3,(H,18,19)(H,20,21)/t12-,16+/m0/s1. The van der Waals surface area contributed by atoms with E-state index in [0.29, 0.717) is 0 Å². The number of aromatic amines is 1. The summed E-state index contributed by atoms with van der Waals surface area (Å²) in [5.41, 5.74) is 1.90. The number of carbonyl (C=O) groups excluding carboxylic acids is 1. The zero-order chi connectivity index (χ0) is 16.1. The van der Waals surface area contributed by atoms with Gasteiger partial charge < -0.3 is 15.0 Å². The molecule has 5 nitrogen and oxygen atoms in total. The van der Waals surface area contributed by atoms with Crippen LogP contribution in [0.15, 0.2) is 24.3 Å². The summed E-state index contributed by atoms with van der Waals surface area (Å²) in [6.45, 7) is 8.13. The first-order valence-electron chi connectivity index (χ1n) is 7.86. The molecule has 5 heteroatoms. The highest BCUT2D eigenvalue weighted by molar-refractivity contribution is 5.78. The summed E-state index contributed by atoms with van der Waals surface area (Å²) in [5.74, 6) is 0.969. The molecule has 0 fully saturated rings. The number of H-pyrrole nitrogens is 1. The second-order valence-corrected chi connectivity index (χ2v) is 5.93. The molecule has 0 aliphatic carbocycles. The van der Waals surface area contributed by atoms with E-state index in [1.165, 1.54) is 0 Å². The smallest absolute Gasteiger partial charge is 0.246 e. The van der Waals surface area contributed by atoms with Crippen molar-refractivity contribution in [2.75, 3.05) is 6.61 Å². The van der Waals surface area contributed by atoms with E-state index >= 15 is 0 Å². The minimum atomic E-state index is -0.138. The molecule has 2 rings (SSSR count). The van der Waals surface area contributed by atoms with Gasteiger partial charge in [0.25, 0.3) is 0 Å². The largest absolute Gasteiger partial charge is 0.369 e. The highest BCUT2D eigenvalue weighted by Crippen LogP contribution is 2.24. The van der Waals surface area contributed by atoms with Gasteiger partial charge in [0.05, 0.1) is 23.2 Å². The number of aromatic nitrogens is 2. The van der Waals surface area contributed by atoms with E-state index in [9.17, 15) is 4.79 Å². The van der Waals surface area contributed by atoms with E-state index in [-0.39, 0.29) is 30.6 Å². The molecule has 2 aromatic rings. The van der Waals surface area contributed by atoms with Gasteiger partial charge >= 0.3 is 0 Å². The Labute approximate surface area is 131 Å². The van der Waals surface area contributed by atoms with Crippen LogP contribution in [-0.2, 0) is 9.53 Å². The number of carbonyl (C=O) groups is 1. The molecule has 0 bridgehead atoms. The van der Waals surface area contributed by atoms with Crippen LogP contribution >= 0.6 is 0 Å². The number of nitrogens with one attached hydrogen (secondary N) is 2. The van der Waals surface area contributed by atoms with Crippen LogP contribution in [0.2, 0.25) is 0 Å². The lowest BCUT2D eigenvalue weighted by atomic mass is 9.98. The summed E-state index contributed by atoms with van der Waals surface area (Å²) in [6, 6.07) is 7.74. The summed E-state index contributed by atoms with van der Waals surface area (Å²) >= 11 is 0. The number of amides is 1. The Hall–Kier alpha value is -1.88. The maximum Gasteiger partial charge on any atom is 0.246 e. The molecular weight excluding hydrogens is 278 g/mol. The molecule has 0 aliphatic rings. The summed E-state index contributed by atoms with van der Waals surface area (Å²) in [5, 5.41) is 3.04. The minimum Gasteiger partial charge on any atom is -0.369 e. The first-order valence-corrected chi connectivity index (χ1v) is 7.86. The van der Waals surface area contributed by atoms with Gasteiger partial charge in [0.15, 0.2) is 0 Å². The number of nitrogens with zero attached hydrogens (tertiary/aromatic N) is 1. The quantitative estimate of drug-likeness (QED) is 0.825. The Kier molecular flexibility index (Phi) is 5.55. The van der Waals surface area contributed by atoms with Crippen LogP contribution in [0.1, 0.15) is 46.0 Å². The number of ether oxygens (including phenoxy) is 1. The van der Waals surface area contributed by atoms with Crippen LogP contribution in [0.25, 0.3) is 11.0 Å². The normalized spacial score (nSPS) is 14.2. The predicted octanol–water partition coefficient (Wildman–Crippen LogP) is 3.19. The van der Waals surface area contributed by atoms with Gasteiger partial charge in [-0.2, -0.15) is 0 Å². The predicted molar refractivity (Wildman–Crippen MR) is 87.5 cm³/mol. The lowest BCUT2D eigenvalue weighted by Gasteiger charge is -2.22. The molecule has 0 aliphatic heterocycles. The molecule has 120 valence electrons. The fourth-order valence-electron chi connectivity index (χ4n) is 2.29. The first-order chi connectivity index (χ1) is 10.5. The van der Waals surface area contributed by atoms with E-state index in [1.54, 1.807) is 0 Å². The lowest BCUT2D eigenvalue weighted by molar-refractivity contribution is -0.128. The van der Waals surface area contributed by atoms with Crippen molar-refractivity contribution >= 4 is 16.9 Å². The molecule has 1 aromatic heterocycles. The van der Waals surface area contributed by atoms with Crippen LogP contribution in [0, 0.1) is 5.92 Å². The SMILES string of the molecule is CC[C@H](C)[C@@H](NC(=O)COC(C)C)c1nc2ccccc2[nH]1. The van der Waals surface area contributed by atoms with Gasteiger partial charge in [-0.05, 0) is 31.9 Å². The highest BCUT2D eigenvalue weighted by atomic mass is 16.5.